The van der Waals surface area contributed by atoms with Gasteiger partial charge in [0.2, 0.25) is 0 Å². The molecule has 0 radical (unpaired) electrons. The number of aromatic nitrogens is 4. The first kappa shape index (κ1) is 9.45. The van der Waals surface area contributed by atoms with Gasteiger partial charge in [-0.3, -0.25) is 4.98 Å². The van der Waals surface area contributed by atoms with Gasteiger partial charge in [-0.15, -0.1) is 0 Å². The van der Waals surface area contributed by atoms with Crippen molar-refractivity contribution in [3.05, 3.63) is 31.1 Å². The number of hydrogen-bond acceptors (Lipinski definition) is 5. The Morgan fingerprint density at radius 2 is 2.27 bits per heavy atom. The van der Waals surface area contributed by atoms with Crippen molar-refractivity contribution in [1.82, 2.24) is 19.5 Å². The van der Waals surface area contributed by atoms with Crippen molar-refractivity contribution in [3.63, 3.8) is 0 Å². The lowest BCUT2D eigenvalue weighted by Gasteiger charge is -2.05. The first-order valence-corrected chi connectivity index (χ1v) is 4.62. The third-order valence-corrected chi connectivity index (χ3v) is 1.89. The van der Waals surface area contributed by atoms with Crippen molar-refractivity contribution >= 4 is 11.6 Å². The third kappa shape index (κ3) is 2.67. The third-order valence-electron chi connectivity index (χ3n) is 1.89. The van der Waals surface area contributed by atoms with Gasteiger partial charge < -0.3 is 15.6 Å². The van der Waals surface area contributed by atoms with Gasteiger partial charge >= 0.3 is 0 Å². The second-order valence-corrected chi connectivity index (χ2v) is 3.06. The molecular formula is C9H12N6. The number of nitrogens with two attached hydrogens (primary N) is 1. The van der Waals surface area contributed by atoms with Crippen LogP contribution >= 0.6 is 0 Å². The van der Waals surface area contributed by atoms with E-state index in [0.29, 0.717) is 11.6 Å². The van der Waals surface area contributed by atoms with E-state index in [9.17, 15) is 0 Å². The van der Waals surface area contributed by atoms with Crippen LogP contribution in [0.1, 0.15) is 0 Å². The van der Waals surface area contributed by atoms with E-state index in [4.69, 9.17) is 5.73 Å². The summed E-state index contributed by atoms with van der Waals surface area (Å²) in [7, 11) is 0. The van der Waals surface area contributed by atoms with E-state index < -0.39 is 0 Å². The van der Waals surface area contributed by atoms with E-state index in [0.717, 1.165) is 13.1 Å². The molecule has 0 saturated heterocycles. The summed E-state index contributed by atoms with van der Waals surface area (Å²) < 4.78 is 1.98. The van der Waals surface area contributed by atoms with Gasteiger partial charge in [0.1, 0.15) is 11.6 Å². The van der Waals surface area contributed by atoms with Gasteiger partial charge in [-0.2, -0.15) is 0 Å². The molecule has 0 saturated carbocycles. The number of hydrogen-bond donors (Lipinski definition) is 2. The fraction of sp³-hybridized carbons (Fsp3) is 0.222. The molecule has 0 aliphatic carbocycles. The number of imidazole rings is 1. The minimum absolute atomic E-state index is 0.419. The van der Waals surface area contributed by atoms with Crippen molar-refractivity contribution in [2.24, 2.45) is 0 Å². The average molecular weight is 204 g/mol. The smallest absolute Gasteiger partial charge is 0.147 e. The molecule has 6 nitrogen and oxygen atoms in total. The Bertz CT molecular complexity index is 410. The molecular weight excluding hydrogens is 192 g/mol. The maximum Gasteiger partial charge on any atom is 0.147 e. The number of nitrogen functional groups attached to an aromatic ring is 1. The highest BCUT2D eigenvalue weighted by Crippen LogP contribution is 2.02. The van der Waals surface area contributed by atoms with Gasteiger partial charge in [-0.05, 0) is 0 Å². The first-order valence-electron chi connectivity index (χ1n) is 4.62. The van der Waals surface area contributed by atoms with E-state index in [2.05, 4.69) is 20.3 Å². The van der Waals surface area contributed by atoms with E-state index in [1.807, 2.05) is 10.8 Å². The molecule has 0 aliphatic heterocycles. The fourth-order valence-corrected chi connectivity index (χ4v) is 1.20. The Morgan fingerprint density at radius 1 is 1.33 bits per heavy atom. The second-order valence-electron chi connectivity index (χ2n) is 3.06. The molecule has 0 amide bonds. The molecule has 0 fully saturated rings. The maximum atomic E-state index is 5.50. The van der Waals surface area contributed by atoms with Crippen molar-refractivity contribution in [1.29, 1.82) is 0 Å². The van der Waals surface area contributed by atoms with E-state index in [-0.39, 0.29) is 0 Å². The summed E-state index contributed by atoms with van der Waals surface area (Å²) in [4.78, 5) is 12.0. The summed E-state index contributed by atoms with van der Waals surface area (Å²) in [5, 5.41) is 3.12. The molecule has 0 spiro atoms. The largest absolute Gasteiger partial charge is 0.382 e. The van der Waals surface area contributed by atoms with Crippen molar-refractivity contribution in [2.45, 2.75) is 6.54 Å². The second kappa shape index (κ2) is 4.41. The normalized spacial score (nSPS) is 10.1. The van der Waals surface area contributed by atoms with Crippen LogP contribution in [0.3, 0.4) is 0 Å². The molecule has 2 rings (SSSR count). The van der Waals surface area contributed by atoms with Gasteiger partial charge in [-0.1, -0.05) is 0 Å². The molecule has 2 heterocycles. The lowest BCUT2D eigenvalue weighted by molar-refractivity contribution is 0.725. The van der Waals surface area contributed by atoms with Crippen molar-refractivity contribution in [2.75, 3.05) is 17.6 Å². The Kier molecular flexibility index (Phi) is 2.77. The topological polar surface area (TPSA) is 81.6 Å². The summed E-state index contributed by atoms with van der Waals surface area (Å²) in [6, 6.07) is 0. The molecule has 2 aromatic heterocycles. The molecule has 0 atom stereocenters. The van der Waals surface area contributed by atoms with Crippen LogP contribution < -0.4 is 11.1 Å². The van der Waals surface area contributed by atoms with Gasteiger partial charge in [0, 0.05) is 25.5 Å². The number of nitrogens with one attached hydrogen (secondary N) is 1. The molecule has 3 N–H and O–H groups in total. The lowest BCUT2D eigenvalue weighted by Crippen LogP contribution is -2.10. The Morgan fingerprint density at radius 3 is 3.00 bits per heavy atom. The quantitative estimate of drug-likeness (QED) is 0.751. The highest BCUT2D eigenvalue weighted by Gasteiger charge is 1.94. The average Bonchev–Trinajstić information content (AvgIpc) is 2.71. The fourth-order valence-electron chi connectivity index (χ4n) is 1.20. The Labute approximate surface area is 87.2 Å². The summed E-state index contributed by atoms with van der Waals surface area (Å²) in [5.74, 6) is 1.11. The van der Waals surface area contributed by atoms with Crippen LogP contribution in [-0.2, 0) is 6.54 Å². The van der Waals surface area contributed by atoms with Crippen LogP contribution in [0.5, 0.6) is 0 Å². The van der Waals surface area contributed by atoms with Gasteiger partial charge in [-0.25, -0.2) is 9.97 Å². The van der Waals surface area contributed by atoms with Crippen LogP contribution in [0.25, 0.3) is 0 Å². The Balaban J connectivity index is 1.83. The van der Waals surface area contributed by atoms with Crippen molar-refractivity contribution in [3.8, 4) is 0 Å². The van der Waals surface area contributed by atoms with Crippen LogP contribution in [0.2, 0.25) is 0 Å². The maximum absolute atomic E-state index is 5.50. The molecule has 0 aromatic carbocycles. The molecule has 78 valence electrons. The van der Waals surface area contributed by atoms with Crippen molar-refractivity contribution < 1.29 is 0 Å². The summed E-state index contributed by atoms with van der Waals surface area (Å²) in [6.07, 6.45) is 8.59. The van der Waals surface area contributed by atoms with Crippen LogP contribution in [-0.4, -0.2) is 26.1 Å². The summed E-state index contributed by atoms with van der Waals surface area (Å²) in [6.45, 7) is 1.59. The SMILES string of the molecule is Nc1cncc(NCCn2ccnc2)n1. The molecule has 0 bridgehead atoms. The summed E-state index contributed by atoms with van der Waals surface area (Å²) >= 11 is 0. The van der Waals surface area contributed by atoms with Crippen LogP contribution in [0.15, 0.2) is 31.1 Å². The van der Waals surface area contributed by atoms with E-state index in [1.165, 1.54) is 6.20 Å². The minimum atomic E-state index is 0.419. The van der Waals surface area contributed by atoms with E-state index >= 15 is 0 Å². The number of anilines is 2. The van der Waals surface area contributed by atoms with E-state index in [1.54, 1.807) is 18.7 Å². The first-order chi connectivity index (χ1) is 7.34. The number of rotatable bonds is 4. The summed E-state index contributed by atoms with van der Waals surface area (Å²) in [5.41, 5.74) is 5.50. The van der Waals surface area contributed by atoms with Gasteiger partial charge in [0.25, 0.3) is 0 Å². The highest BCUT2D eigenvalue weighted by atomic mass is 15.1. The van der Waals surface area contributed by atoms with Gasteiger partial charge in [0.05, 0.1) is 18.7 Å². The zero-order valence-electron chi connectivity index (χ0n) is 8.17. The number of nitrogens with zero attached hydrogens (tertiary/aromatic N) is 4. The molecule has 0 unspecified atom stereocenters. The lowest BCUT2D eigenvalue weighted by atomic mass is 10.5. The van der Waals surface area contributed by atoms with Crippen LogP contribution in [0.4, 0.5) is 11.6 Å². The highest BCUT2D eigenvalue weighted by molar-refractivity contribution is 5.38. The molecule has 6 heteroatoms. The minimum Gasteiger partial charge on any atom is -0.382 e. The van der Waals surface area contributed by atoms with Gasteiger partial charge in [0.15, 0.2) is 0 Å². The molecule has 15 heavy (non-hydrogen) atoms. The zero-order valence-corrected chi connectivity index (χ0v) is 8.17. The molecule has 0 aliphatic rings. The molecule has 2 aromatic rings. The monoisotopic (exact) mass is 204 g/mol. The zero-order chi connectivity index (χ0) is 10.5. The Hall–Kier alpha value is -2.11. The van der Waals surface area contributed by atoms with Crippen LogP contribution in [0, 0.1) is 0 Å². The predicted octanol–water partition coefficient (Wildman–Crippen LogP) is 0.367. The standard InChI is InChI=1S/C9H12N6/c10-8-5-12-6-9(14-8)13-2-4-15-3-1-11-7-15/h1,3,5-7H,2,4H2,(H3,10,13,14). The predicted molar refractivity (Wildman–Crippen MR) is 57.2 cm³/mol.